The van der Waals surface area contributed by atoms with Gasteiger partial charge >= 0.3 is 0 Å². The van der Waals surface area contributed by atoms with Crippen LogP contribution in [0.4, 0.5) is 22.0 Å². The Morgan fingerprint density at radius 2 is 1.41 bits per heavy atom. The van der Waals surface area contributed by atoms with E-state index in [1.165, 1.54) is 0 Å². The van der Waals surface area contributed by atoms with Gasteiger partial charge in [0.1, 0.15) is 5.69 Å². The van der Waals surface area contributed by atoms with Gasteiger partial charge < -0.3 is 0 Å². The van der Waals surface area contributed by atoms with Crippen LogP contribution < -0.4 is 0 Å². The highest BCUT2D eigenvalue weighted by molar-refractivity contribution is 7.90. The minimum atomic E-state index is -5.28. The molecule has 0 unspecified atom stereocenters. The molecule has 1 aromatic carbocycles. The number of nitrogens with zero attached hydrogens (tertiary/aromatic N) is 1. The van der Waals surface area contributed by atoms with Gasteiger partial charge in [0.15, 0.2) is 28.2 Å². The Morgan fingerprint density at radius 1 is 0.955 bits per heavy atom. The number of hydrogen-bond donors (Lipinski definition) is 0. The summed E-state index contributed by atoms with van der Waals surface area (Å²) in [6.45, 7) is 0. The van der Waals surface area contributed by atoms with E-state index < -0.39 is 54.9 Å². The summed E-state index contributed by atoms with van der Waals surface area (Å²) >= 11 is 5.09. The normalized spacial score (nSPS) is 11.7. The van der Waals surface area contributed by atoms with Crippen molar-refractivity contribution >= 4 is 26.9 Å². The molecule has 0 radical (unpaired) electrons. The third kappa shape index (κ3) is 2.28. The maximum absolute atomic E-state index is 13.6. The molecule has 0 aliphatic heterocycles. The molecule has 0 saturated carbocycles. The van der Waals surface area contributed by atoms with Gasteiger partial charge in [-0.1, -0.05) is 0 Å². The molecule has 4 nitrogen and oxygen atoms in total. The summed E-state index contributed by atoms with van der Waals surface area (Å²) in [7, 11) is -5.28. The van der Waals surface area contributed by atoms with Crippen LogP contribution in [0, 0.1) is 29.1 Å². The van der Waals surface area contributed by atoms with Crippen LogP contribution in [-0.2, 0) is 10.0 Å². The molecule has 2 aromatic rings. The Morgan fingerprint density at radius 3 is 1.86 bits per heavy atom. The van der Waals surface area contributed by atoms with Crippen molar-refractivity contribution in [2.24, 2.45) is 0 Å². The Hall–Kier alpha value is -1.94. The van der Waals surface area contributed by atoms with Gasteiger partial charge in [-0.2, -0.15) is 0 Å². The maximum Gasteiger partial charge on any atom is 0.274 e. The van der Waals surface area contributed by atoms with Gasteiger partial charge in [0.25, 0.3) is 15.3 Å². The summed E-state index contributed by atoms with van der Waals surface area (Å²) in [4.78, 5) is 8.96. The number of halogens is 6. The van der Waals surface area contributed by atoms with Crippen molar-refractivity contribution < 1.29 is 35.2 Å². The quantitative estimate of drug-likeness (QED) is 0.366. The number of hydrogen-bond acceptors (Lipinski definition) is 3. The summed E-state index contributed by atoms with van der Waals surface area (Å²) in [5.74, 6) is -12.4. The highest BCUT2D eigenvalue weighted by atomic mass is 35.5. The zero-order valence-corrected chi connectivity index (χ0v) is 11.7. The van der Waals surface area contributed by atoms with Crippen LogP contribution in [0.25, 0.3) is 0 Å². The van der Waals surface area contributed by atoms with Crippen LogP contribution >= 0.6 is 11.6 Å². The first-order valence-electron chi connectivity index (χ1n) is 5.25. The second-order valence-electron chi connectivity index (χ2n) is 3.87. The first kappa shape index (κ1) is 16.4. The average molecular weight is 360 g/mol. The van der Waals surface area contributed by atoms with Crippen LogP contribution in [-0.4, -0.2) is 17.6 Å². The van der Waals surface area contributed by atoms with Crippen LogP contribution in [0.15, 0.2) is 23.2 Å². The average Bonchev–Trinajstić information content (AvgIpc) is 2.93. The first-order valence-corrected chi connectivity index (χ1v) is 7.06. The SMILES string of the molecule is O=C(Cl)c1cccn1S(=O)(=O)c1c(F)c(F)c(F)c(F)c1F. The van der Waals surface area contributed by atoms with E-state index in [0.29, 0.717) is 6.20 Å². The molecule has 0 bridgehead atoms. The van der Waals surface area contributed by atoms with Crippen molar-refractivity contribution in [3.8, 4) is 0 Å². The van der Waals surface area contributed by atoms with E-state index in [-0.39, 0.29) is 3.97 Å². The van der Waals surface area contributed by atoms with Crippen molar-refractivity contribution in [3.63, 3.8) is 0 Å². The fourth-order valence-electron chi connectivity index (χ4n) is 1.64. The molecular weight excluding hydrogens is 357 g/mol. The standard InChI is InChI=1S/C11H3ClF5NO3S/c12-11(19)4-2-1-3-18(4)22(20,21)10-8(16)6(14)5(13)7(15)9(10)17/h1-3H. The zero-order chi connectivity index (χ0) is 16.8. The second kappa shape index (κ2) is 5.36. The summed E-state index contributed by atoms with van der Waals surface area (Å²) in [5.41, 5.74) is -0.731. The summed E-state index contributed by atoms with van der Waals surface area (Å²) < 4.78 is 90.5. The van der Waals surface area contributed by atoms with Crippen LogP contribution in [0.1, 0.15) is 10.5 Å². The first-order chi connectivity index (χ1) is 10.1. The molecule has 22 heavy (non-hydrogen) atoms. The van der Waals surface area contributed by atoms with Crippen molar-refractivity contribution in [3.05, 3.63) is 53.1 Å². The number of carbonyl (C=O) groups excluding carboxylic acids is 1. The molecule has 11 heteroatoms. The van der Waals surface area contributed by atoms with Gasteiger partial charge in [0.2, 0.25) is 5.82 Å². The smallest absolute Gasteiger partial charge is 0.274 e. The lowest BCUT2D eigenvalue weighted by atomic mass is 10.3. The molecule has 118 valence electrons. The lowest BCUT2D eigenvalue weighted by Crippen LogP contribution is -2.21. The van der Waals surface area contributed by atoms with E-state index in [0.717, 1.165) is 12.1 Å². The van der Waals surface area contributed by atoms with Crippen molar-refractivity contribution in [2.75, 3.05) is 0 Å². The number of aromatic nitrogens is 1. The molecule has 0 aliphatic rings. The minimum absolute atomic E-state index is 0.0145. The highest BCUT2D eigenvalue weighted by Crippen LogP contribution is 2.29. The summed E-state index contributed by atoms with van der Waals surface area (Å²) in [6, 6.07) is 1.87. The van der Waals surface area contributed by atoms with Gasteiger partial charge in [0, 0.05) is 6.20 Å². The molecule has 0 N–H and O–H groups in total. The van der Waals surface area contributed by atoms with Crippen LogP contribution in [0.2, 0.25) is 0 Å². The lowest BCUT2D eigenvalue weighted by Gasteiger charge is -2.11. The molecule has 1 aromatic heterocycles. The molecule has 0 saturated heterocycles. The largest absolute Gasteiger partial charge is 0.274 e. The summed E-state index contributed by atoms with van der Waals surface area (Å²) in [6.07, 6.45) is 0.670. The van der Waals surface area contributed by atoms with Crippen LogP contribution in [0.5, 0.6) is 0 Å². The van der Waals surface area contributed by atoms with Gasteiger partial charge in [0.05, 0.1) is 0 Å². The van der Waals surface area contributed by atoms with Gasteiger partial charge in [-0.3, -0.25) is 4.79 Å². The molecule has 0 aliphatic carbocycles. The van der Waals surface area contributed by atoms with E-state index in [1.807, 2.05) is 0 Å². The molecule has 0 fully saturated rings. The number of benzene rings is 1. The van der Waals surface area contributed by atoms with Crippen LogP contribution in [0.3, 0.4) is 0 Å². The summed E-state index contributed by atoms with van der Waals surface area (Å²) in [5, 5.41) is -1.31. The molecule has 0 amide bonds. The van der Waals surface area contributed by atoms with Crippen molar-refractivity contribution in [1.29, 1.82) is 0 Å². The second-order valence-corrected chi connectivity index (χ2v) is 5.96. The highest BCUT2D eigenvalue weighted by Gasteiger charge is 2.35. The number of rotatable bonds is 3. The van der Waals surface area contributed by atoms with Crippen molar-refractivity contribution in [1.82, 2.24) is 3.97 Å². The zero-order valence-electron chi connectivity index (χ0n) is 10.1. The Kier molecular flexibility index (Phi) is 4.00. The third-order valence-electron chi connectivity index (χ3n) is 2.60. The van der Waals surface area contributed by atoms with Crippen molar-refractivity contribution in [2.45, 2.75) is 4.90 Å². The Balaban J connectivity index is 2.87. The molecule has 1 heterocycles. The molecule has 0 atom stereocenters. The molecule has 2 rings (SSSR count). The van der Waals surface area contributed by atoms with E-state index in [4.69, 9.17) is 11.6 Å². The van der Waals surface area contributed by atoms with Gasteiger partial charge in [-0.05, 0) is 23.7 Å². The van der Waals surface area contributed by atoms with Gasteiger partial charge in [-0.15, -0.1) is 0 Å². The molecular formula is C11H3ClF5NO3S. The van der Waals surface area contributed by atoms with E-state index in [1.54, 1.807) is 0 Å². The number of carbonyl (C=O) groups is 1. The Bertz CT molecular complexity index is 864. The predicted octanol–water partition coefficient (Wildman–Crippen LogP) is 2.80. The lowest BCUT2D eigenvalue weighted by molar-refractivity contribution is 0.107. The third-order valence-corrected chi connectivity index (χ3v) is 4.51. The predicted molar refractivity (Wildman–Crippen MR) is 63.4 cm³/mol. The topological polar surface area (TPSA) is 56.1 Å². The van der Waals surface area contributed by atoms with E-state index in [9.17, 15) is 35.2 Å². The fraction of sp³-hybridized carbons (Fsp3) is 0. The Labute approximate surface area is 124 Å². The minimum Gasteiger partial charge on any atom is -0.274 e. The maximum atomic E-state index is 13.6. The molecule has 0 spiro atoms. The monoisotopic (exact) mass is 359 g/mol. The fourth-order valence-corrected chi connectivity index (χ4v) is 3.30. The van der Waals surface area contributed by atoms with E-state index >= 15 is 0 Å². The van der Waals surface area contributed by atoms with Gasteiger partial charge in [-0.25, -0.2) is 34.3 Å². The van der Waals surface area contributed by atoms with E-state index in [2.05, 4.69) is 0 Å².